The van der Waals surface area contributed by atoms with Crippen molar-refractivity contribution in [1.29, 1.82) is 0 Å². The Balaban J connectivity index is 0.000000140. The standard InChI is InChI=1S/2C30H36N.C26H32N/c2*1-22-8-4-5-10-28(22)29-16-15-26(21-31(29)3)24-13-11-23(12-14-24)25-17-19-30(2)18-7-6-9-27(30)20-25;1-18(2)26(19(3)4)22-13-11-21(12-14-22)23-15-16-25(27(6)17-23)24-10-8-7-9-20(24)5/h2*4-5,8,10-16,21,25,27H,6-7,9,17-20H2,1-3H3;7-19,26H,1-6H3/q3*+1/t2*25?,27-,30-;/m00./s1/i25D;;. The van der Waals surface area contributed by atoms with Crippen LogP contribution in [0.1, 0.15) is 184 Å². The highest BCUT2D eigenvalue weighted by Gasteiger charge is 2.43. The lowest BCUT2D eigenvalue weighted by molar-refractivity contribution is -0.660. The fourth-order valence-corrected chi connectivity index (χ4v) is 16.8. The molecule has 6 atom stereocenters. The van der Waals surface area contributed by atoms with E-state index < -0.39 is 5.89 Å². The van der Waals surface area contributed by atoms with Crippen molar-refractivity contribution in [3.8, 4) is 67.2 Å². The smallest absolute Gasteiger partial charge is 0.200 e. The molecule has 460 valence electrons. The maximum Gasteiger partial charge on any atom is 0.212 e. The molecular weight excluding hydrogens is 1070 g/mol. The van der Waals surface area contributed by atoms with Crippen molar-refractivity contribution in [3.05, 3.63) is 234 Å². The molecule has 3 heteroatoms. The van der Waals surface area contributed by atoms with Crippen molar-refractivity contribution < 1.29 is 15.1 Å². The van der Waals surface area contributed by atoms with Crippen molar-refractivity contribution in [1.82, 2.24) is 0 Å². The zero-order chi connectivity index (χ0) is 63.3. The summed E-state index contributed by atoms with van der Waals surface area (Å²) in [5.41, 5.74) is 24.4. The van der Waals surface area contributed by atoms with E-state index in [2.05, 4.69) is 298 Å². The van der Waals surface area contributed by atoms with Gasteiger partial charge in [-0.3, -0.25) is 0 Å². The normalized spacial score (nSPS) is 22.5. The number of hydrogen-bond acceptors (Lipinski definition) is 0. The topological polar surface area (TPSA) is 11.6 Å². The second-order valence-electron chi connectivity index (χ2n) is 29.0. The van der Waals surface area contributed by atoms with E-state index in [4.69, 9.17) is 0 Å². The molecular formula is C86H104N3+3. The number of aryl methyl sites for hydroxylation is 6. The molecule has 0 spiro atoms. The molecule has 4 fully saturated rings. The third-order valence-corrected chi connectivity index (χ3v) is 22.3. The van der Waals surface area contributed by atoms with Crippen molar-refractivity contribution in [3.63, 3.8) is 0 Å². The second kappa shape index (κ2) is 27.9. The minimum absolute atomic E-state index is 0.417. The number of benzene rings is 6. The predicted molar refractivity (Wildman–Crippen MR) is 375 cm³/mol. The molecule has 4 aliphatic carbocycles. The quantitative estimate of drug-likeness (QED) is 0.114. The number of aromatic nitrogens is 3. The Morgan fingerprint density at radius 3 is 1.13 bits per heavy atom. The average molecular weight is 1180 g/mol. The minimum atomic E-state index is -0.417. The molecule has 3 nitrogen and oxygen atoms in total. The number of pyridine rings is 3. The van der Waals surface area contributed by atoms with E-state index in [1.54, 1.807) is 5.56 Å². The van der Waals surface area contributed by atoms with Crippen LogP contribution in [0.5, 0.6) is 0 Å². The first-order chi connectivity index (χ1) is 43.3. The van der Waals surface area contributed by atoms with Crippen LogP contribution < -0.4 is 13.7 Å². The van der Waals surface area contributed by atoms with Gasteiger partial charge >= 0.3 is 0 Å². The molecule has 6 aromatic carbocycles. The van der Waals surface area contributed by atoms with Crippen molar-refractivity contribution in [2.24, 2.45) is 55.6 Å². The van der Waals surface area contributed by atoms with Gasteiger partial charge in [0.2, 0.25) is 17.1 Å². The Kier molecular flexibility index (Phi) is 19.4. The molecule has 0 bridgehead atoms. The fraction of sp³-hybridized carbons (Fsp3) is 0.407. The first-order valence-electron chi connectivity index (χ1n) is 34.8. The Hall–Kier alpha value is -7.23. The molecule has 3 heterocycles. The highest BCUT2D eigenvalue weighted by molar-refractivity contribution is 5.69. The van der Waals surface area contributed by atoms with E-state index in [0.29, 0.717) is 28.6 Å². The van der Waals surface area contributed by atoms with E-state index in [-0.39, 0.29) is 0 Å². The van der Waals surface area contributed by atoms with Gasteiger partial charge in [0.05, 0.1) is 0 Å². The third-order valence-electron chi connectivity index (χ3n) is 22.3. The van der Waals surface area contributed by atoms with E-state index in [1.165, 1.54) is 172 Å². The maximum atomic E-state index is 9.32. The summed E-state index contributed by atoms with van der Waals surface area (Å²) in [5.74, 6) is 3.91. The zero-order valence-corrected chi connectivity index (χ0v) is 56.3. The molecule has 0 radical (unpaired) electrons. The van der Waals surface area contributed by atoms with E-state index in [0.717, 1.165) is 30.6 Å². The third kappa shape index (κ3) is 14.4. The van der Waals surface area contributed by atoms with Crippen molar-refractivity contribution >= 4 is 0 Å². The molecule has 0 N–H and O–H groups in total. The Bertz CT molecular complexity index is 3890. The summed E-state index contributed by atoms with van der Waals surface area (Å²) in [6.07, 6.45) is 25.4. The van der Waals surface area contributed by atoms with Gasteiger partial charge in [-0.15, -0.1) is 0 Å². The summed E-state index contributed by atoms with van der Waals surface area (Å²) in [4.78, 5) is 0. The highest BCUT2D eigenvalue weighted by atomic mass is 14.9. The van der Waals surface area contributed by atoms with Crippen molar-refractivity contribution in [2.45, 2.75) is 170 Å². The number of rotatable bonds is 11. The lowest BCUT2D eigenvalue weighted by Gasteiger charge is -2.48. The minimum Gasteiger partial charge on any atom is -0.200 e. The second-order valence-corrected chi connectivity index (χ2v) is 29.0. The van der Waals surface area contributed by atoms with Gasteiger partial charge in [-0.2, -0.15) is 0 Å². The summed E-state index contributed by atoms with van der Waals surface area (Å²) in [7, 11) is 6.41. The first-order valence-corrected chi connectivity index (χ1v) is 34.3. The summed E-state index contributed by atoms with van der Waals surface area (Å²) >= 11 is 0. The van der Waals surface area contributed by atoms with Gasteiger partial charge < -0.3 is 0 Å². The predicted octanol–water partition coefficient (Wildman–Crippen LogP) is 21.8. The molecule has 0 amide bonds. The van der Waals surface area contributed by atoms with Gasteiger partial charge in [0, 0.05) is 53.0 Å². The van der Waals surface area contributed by atoms with Gasteiger partial charge in [-0.1, -0.05) is 195 Å². The number of nitrogens with zero attached hydrogens (tertiary/aromatic N) is 3. The Labute approximate surface area is 538 Å². The molecule has 2 unspecified atom stereocenters. The van der Waals surface area contributed by atoms with E-state index in [1.807, 2.05) is 0 Å². The lowest BCUT2D eigenvalue weighted by Crippen LogP contribution is -2.36. The van der Waals surface area contributed by atoms with Crippen LogP contribution in [0.15, 0.2) is 201 Å². The first kappa shape index (κ1) is 62.0. The van der Waals surface area contributed by atoms with Gasteiger partial charge in [0.15, 0.2) is 18.6 Å². The molecule has 0 aliphatic heterocycles. The average Bonchev–Trinajstić information content (AvgIpc) is 0.802. The molecule has 89 heavy (non-hydrogen) atoms. The fourth-order valence-electron chi connectivity index (χ4n) is 16.8. The monoisotopic (exact) mass is 1180 g/mol. The maximum absolute atomic E-state index is 9.32. The van der Waals surface area contributed by atoms with Crippen LogP contribution in [-0.2, 0) is 21.1 Å². The summed E-state index contributed by atoms with van der Waals surface area (Å²) < 4.78 is 16.0. The molecule has 4 aliphatic rings. The van der Waals surface area contributed by atoms with Gasteiger partial charge in [0.1, 0.15) is 21.1 Å². The van der Waals surface area contributed by atoms with Crippen LogP contribution in [0.25, 0.3) is 67.2 Å². The van der Waals surface area contributed by atoms with Crippen LogP contribution >= 0.6 is 0 Å². The molecule has 4 saturated carbocycles. The van der Waals surface area contributed by atoms with Crippen LogP contribution in [0.4, 0.5) is 0 Å². The van der Waals surface area contributed by atoms with Gasteiger partial charge in [0.25, 0.3) is 0 Å². The SMILES string of the molecule is Cc1ccccc1-c1ccc(-c2ccc(C(C(C)C)C(C)C)cc2)c[n+]1C.Cc1ccccc1-c1ccc(-c2ccc(C3CC[C@]4(C)CCCC[C@H]4C3)cc2)c[n+]1C.[2H]C1(c2ccc(-c3ccc(-c4ccccc4C)[n+](C)c3)cc2)CC[C@]2(C)CCCC[C@H]2C1. The van der Waals surface area contributed by atoms with Gasteiger partial charge in [-0.05, 0) is 224 Å². The van der Waals surface area contributed by atoms with Crippen LogP contribution in [0.3, 0.4) is 0 Å². The molecule has 13 rings (SSSR count). The van der Waals surface area contributed by atoms with Crippen LogP contribution in [0.2, 0.25) is 0 Å². The van der Waals surface area contributed by atoms with Crippen LogP contribution in [0, 0.1) is 55.3 Å². The molecule has 0 saturated heterocycles. The number of hydrogen-bond donors (Lipinski definition) is 0. The lowest BCUT2D eigenvalue weighted by atomic mass is 9.57. The largest absolute Gasteiger partial charge is 0.212 e. The van der Waals surface area contributed by atoms with Crippen molar-refractivity contribution in [2.75, 3.05) is 0 Å². The summed E-state index contributed by atoms with van der Waals surface area (Å²) in [6.45, 7) is 20.9. The van der Waals surface area contributed by atoms with Crippen LogP contribution in [-0.4, -0.2) is 0 Å². The van der Waals surface area contributed by atoms with Gasteiger partial charge in [-0.25, -0.2) is 13.7 Å². The summed E-state index contributed by atoms with van der Waals surface area (Å²) in [5, 5.41) is 0. The van der Waals surface area contributed by atoms with E-state index >= 15 is 0 Å². The summed E-state index contributed by atoms with van der Waals surface area (Å²) in [6, 6.07) is 66.7. The molecule has 3 aromatic heterocycles. The molecule has 9 aromatic rings. The zero-order valence-electron chi connectivity index (χ0n) is 57.3. The van der Waals surface area contributed by atoms with E-state index in [9.17, 15) is 1.37 Å². The Morgan fingerprint density at radius 2 is 0.742 bits per heavy atom. The highest BCUT2D eigenvalue weighted by Crippen LogP contribution is 2.55. The number of fused-ring (bicyclic) bond motifs is 2. The Morgan fingerprint density at radius 1 is 0.382 bits per heavy atom.